The predicted octanol–water partition coefficient (Wildman–Crippen LogP) is 2.83. The van der Waals surface area contributed by atoms with Crippen LogP contribution in [0.3, 0.4) is 0 Å². The van der Waals surface area contributed by atoms with Crippen LogP contribution in [0.2, 0.25) is 0 Å². The van der Waals surface area contributed by atoms with Crippen molar-refractivity contribution in [3.05, 3.63) is 62.5 Å². The second-order valence-corrected chi connectivity index (χ2v) is 4.54. The minimum Gasteiger partial charge on any atom is -0.385 e. The van der Waals surface area contributed by atoms with E-state index < -0.39 is 0 Å². The van der Waals surface area contributed by atoms with Crippen LogP contribution in [0.25, 0.3) is 0 Å². The molecule has 0 spiro atoms. The highest BCUT2D eigenvalue weighted by Crippen LogP contribution is 2.05. The summed E-state index contributed by atoms with van der Waals surface area (Å²) in [7, 11) is 0. The summed E-state index contributed by atoms with van der Waals surface area (Å²) in [6.45, 7) is 23.7. The molecule has 0 aromatic carbocycles. The summed E-state index contributed by atoms with van der Waals surface area (Å²) in [4.78, 5) is 2.26. The van der Waals surface area contributed by atoms with Gasteiger partial charge in [-0.15, -0.1) is 6.58 Å². The van der Waals surface area contributed by atoms with Gasteiger partial charge in [0, 0.05) is 37.6 Å². The first-order valence-electron chi connectivity index (χ1n) is 7.08. The Bertz CT molecular complexity index is 331. The minimum absolute atomic E-state index is 0.857. The molecule has 0 aliphatic heterocycles. The van der Waals surface area contributed by atoms with Gasteiger partial charge in [0.1, 0.15) is 0 Å². The van der Waals surface area contributed by atoms with E-state index >= 15 is 0 Å². The third-order valence-corrected chi connectivity index (χ3v) is 2.92. The monoisotopic (exact) mass is 275 g/mol. The molecule has 0 atom stereocenters. The fraction of sp³-hybridized carbons (Fsp3) is 0.412. The standard InChI is InChI=1S/C17H29N3/c1-6-11-18-12-9-14-20(17(5)8-3)15-10-13-19-16(4)7-2/h6-8,18-19H,1-5,9-15H2. The van der Waals surface area contributed by atoms with Crippen LogP contribution >= 0.6 is 0 Å². The van der Waals surface area contributed by atoms with Crippen LogP contribution in [-0.4, -0.2) is 37.6 Å². The zero-order chi connectivity index (χ0) is 15.2. The van der Waals surface area contributed by atoms with Crippen LogP contribution in [0, 0.1) is 0 Å². The van der Waals surface area contributed by atoms with Crippen molar-refractivity contribution in [2.45, 2.75) is 12.8 Å². The zero-order valence-corrected chi connectivity index (χ0v) is 12.7. The summed E-state index contributed by atoms with van der Waals surface area (Å²) in [5.74, 6) is 0. The van der Waals surface area contributed by atoms with Gasteiger partial charge in [-0.2, -0.15) is 0 Å². The molecule has 3 nitrogen and oxygen atoms in total. The van der Waals surface area contributed by atoms with Gasteiger partial charge in [0.05, 0.1) is 0 Å². The highest BCUT2D eigenvalue weighted by atomic mass is 15.1. The average Bonchev–Trinajstić information content (AvgIpc) is 2.47. The van der Waals surface area contributed by atoms with Crippen molar-refractivity contribution in [1.82, 2.24) is 15.5 Å². The lowest BCUT2D eigenvalue weighted by Gasteiger charge is -2.25. The van der Waals surface area contributed by atoms with Crippen LogP contribution in [0.15, 0.2) is 62.5 Å². The first-order chi connectivity index (χ1) is 9.65. The Morgan fingerprint density at radius 3 is 2.15 bits per heavy atom. The van der Waals surface area contributed by atoms with Crippen LogP contribution < -0.4 is 10.6 Å². The van der Waals surface area contributed by atoms with Crippen molar-refractivity contribution < 1.29 is 0 Å². The maximum atomic E-state index is 4.04. The van der Waals surface area contributed by atoms with E-state index in [0.717, 1.165) is 57.0 Å². The van der Waals surface area contributed by atoms with Crippen molar-refractivity contribution in [3.8, 4) is 0 Å². The predicted molar refractivity (Wildman–Crippen MR) is 90.6 cm³/mol. The Kier molecular flexibility index (Phi) is 11.2. The van der Waals surface area contributed by atoms with E-state index in [-0.39, 0.29) is 0 Å². The van der Waals surface area contributed by atoms with Crippen molar-refractivity contribution in [2.75, 3.05) is 32.7 Å². The molecule has 0 rings (SSSR count). The van der Waals surface area contributed by atoms with E-state index in [1.807, 2.05) is 12.2 Å². The molecule has 3 heteroatoms. The topological polar surface area (TPSA) is 27.3 Å². The van der Waals surface area contributed by atoms with Crippen LogP contribution in [0.4, 0.5) is 0 Å². The molecule has 0 aliphatic carbocycles. The maximum Gasteiger partial charge on any atom is 0.0287 e. The van der Waals surface area contributed by atoms with E-state index in [1.54, 1.807) is 6.08 Å². The zero-order valence-electron chi connectivity index (χ0n) is 12.7. The third kappa shape index (κ3) is 9.22. The lowest BCUT2D eigenvalue weighted by molar-refractivity contribution is 0.342. The molecular formula is C17H29N3. The second kappa shape index (κ2) is 12.3. The van der Waals surface area contributed by atoms with Crippen LogP contribution in [-0.2, 0) is 0 Å². The fourth-order valence-corrected chi connectivity index (χ4v) is 1.72. The fourth-order valence-electron chi connectivity index (χ4n) is 1.72. The number of hydrogen-bond donors (Lipinski definition) is 2. The van der Waals surface area contributed by atoms with Gasteiger partial charge in [-0.1, -0.05) is 32.4 Å². The lowest BCUT2D eigenvalue weighted by Crippen LogP contribution is -2.29. The Labute approximate surface area is 124 Å². The molecular weight excluding hydrogens is 246 g/mol. The summed E-state index contributed by atoms with van der Waals surface area (Å²) >= 11 is 0. The van der Waals surface area contributed by atoms with E-state index in [9.17, 15) is 0 Å². The molecule has 0 aromatic heterocycles. The number of nitrogens with zero attached hydrogens (tertiary/aromatic N) is 1. The SMILES string of the molecule is C=CCNCCCN(CCCNC(=C)C=C)C(=C)C=C. The molecule has 0 saturated heterocycles. The smallest absolute Gasteiger partial charge is 0.0287 e. The molecule has 0 saturated carbocycles. The average molecular weight is 275 g/mol. The van der Waals surface area contributed by atoms with Gasteiger partial charge < -0.3 is 15.5 Å². The van der Waals surface area contributed by atoms with Crippen molar-refractivity contribution >= 4 is 0 Å². The van der Waals surface area contributed by atoms with Gasteiger partial charge >= 0.3 is 0 Å². The number of nitrogens with one attached hydrogen (secondary N) is 2. The van der Waals surface area contributed by atoms with Gasteiger partial charge in [-0.25, -0.2) is 0 Å². The van der Waals surface area contributed by atoms with Crippen LogP contribution in [0.5, 0.6) is 0 Å². The molecule has 2 N–H and O–H groups in total. The van der Waals surface area contributed by atoms with Gasteiger partial charge in [0.2, 0.25) is 0 Å². The van der Waals surface area contributed by atoms with E-state index in [1.165, 1.54) is 0 Å². The van der Waals surface area contributed by atoms with E-state index in [4.69, 9.17) is 0 Å². The molecule has 20 heavy (non-hydrogen) atoms. The van der Waals surface area contributed by atoms with Gasteiger partial charge in [0.15, 0.2) is 0 Å². The van der Waals surface area contributed by atoms with Crippen LogP contribution in [0.1, 0.15) is 12.8 Å². The molecule has 0 aliphatic rings. The largest absolute Gasteiger partial charge is 0.385 e. The number of allylic oxidation sites excluding steroid dienone is 2. The molecule has 0 unspecified atom stereocenters. The quantitative estimate of drug-likeness (QED) is 0.290. The Hall–Kier alpha value is -1.74. The molecule has 0 fully saturated rings. The summed E-state index contributed by atoms with van der Waals surface area (Å²) < 4.78 is 0. The van der Waals surface area contributed by atoms with Crippen molar-refractivity contribution in [3.63, 3.8) is 0 Å². The number of hydrogen-bond acceptors (Lipinski definition) is 3. The second-order valence-electron chi connectivity index (χ2n) is 4.54. The Balaban J connectivity index is 3.93. The molecule has 112 valence electrons. The van der Waals surface area contributed by atoms with Crippen molar-refractivity contribution in [1.29, 1.82) is 0 Å². The highest BCUT2D eigenvalue weighted by molar-refractivity contribution is 5.10. The minimum atomic E-state index is 0.857. The van der Waals surface area contributed by atoms with Gasteiger partial charge in [-0.05, 0) is 31.5 Å². The van der Waals surface area contributed by atoms with Gasteiger partial charge in [0.25, 0.3) is 0 Å². The van der Waals surface area contributed by atoms with E-state index in [0.29, 0.717) is 0 Å². The first kappa shape index (κ1) is 18.3. The summed E-state index contributed by atoms with van der Waals surface area (Å²) in [5.41, 5.74) is 1.85. The van der Waals surface area contributed by atoms with Crippen molar-refractivity contribution in [2.24, 2.45) is 0 Å². The normalized spacial score (nSPS) is 9.60. The molecule has 0 radical (unpaired) electrons. The summed E-state index contributed by atoms with van der Waals surface area (Å²) in [6.07, 6.45) is 7.52. The Morgan fingerprint density at radius 1 is 0.950 bits per heavy atom. The first-order valence-corrected chi connectivity index (χ1v) is 7.08. The number of rotatable bonds is 14. The molecule has 0 amide bonds. The Morgan fingerprint density at radius 2 is 1.60 bits per heavy atom. The lowest BCUT2D eigenvalue weighted by atomic mass is 10.3. The van der Waals surface area contributed by atoms with E-state index in [2.05, 4.69) is 48.4 Å². The third-order valence-electron chi connectivity index (χ3n) is 2.92. The molecule has 0 heterocycles. The summed E-state index contributed by atoms with van der Waals surface area (Å²) in [5, 5.41) is 6.51. The highest BCUT2D eigenvalue weighted by Gasteiger charge is 2.04. The molecule has 0 aromatic rings. The molecule has 0 bridgehead atoms. The maximum absolute atomic E-state index is 4.04. The summed E-state index contributed by atoms with van der Waals surface area (Å²) in [6, 6.07) is 0. The van der Waals surface area contributed by atoms with Gasteiger partial charge in [-0.3, -0.25) is 0 Å².